The van der Waals surface area contributed by atoms with E-state index in [4.69, 9.17) is 23.9 Å². The minimum atomic E-state index is -0.897. The molecule has 2 fully saturated rings. The highest BCUT2D eigenvalue weighted by Gasteiger charge is 2.38. The average molecular weight is 847 g/mol. The lowest BCUT2D eigenvalue weighted by Gasteiger charge is -2.28. The molecule has 4 N–H and O–H groups in total. The number of benzene rings is 4. The number of nitrogens with one attached hydrogen (secondary N) is 4. The van der Waals surface area contributed by atoms with Gasteiger partial charge in [-0.25, -0.2) is 19.6 Å². The van der Waals surface area contributed by atoms with Gasteiger partial charge >= 0.3 is 12.2 Å². The van der Waals surface area contributed by atoms with Crippen LogP contribution >= 0.6 is 0 Å². The molecule has 15 heteroatoms. The van der Waals surface area contributed by atoms with Crippen molar-refractivity contribution in [1.29, 1.82) is 0 Å². The third kappa shape index (κ3) is 8.37. The summed E-state index contributed by atoms with van der Waals surface area (Å²) in [4.78, 5) is 72.3. The summed E-state index contributed by atoms with van der Waals surface area (Å²) in [5.41, 5.74) is 6.45. The number of methoxy groups -OCH3 is 2. The van der Waals surface area contributed by atoms with Gasteiger partial charge in [0.1, 0.15) is 35.1 Å². The van der Waals surface area contributed by atoms with Crippen molar-refractivity contribution in [3.63, 3.8) is 0 Å². The Morgan fingerprint density at radius 3 is 1.62 bits per heavy atom. The number of rotatable bonds is 11. The topological polar surface area (TPSA) is 188 Å². The maximum Gasteiger partial charge on any atom is 0.407 e. The Kier molecular flexibility index (Phi) is 11.5. The van der Waals surface area contributed by atoms with Crippen LogP contribution in [0, 0.1) is 0 Å². The summed E-state index contributed by atoms with van der Waals surface area (Å²) in [6, 6.07) is 31.9. The number of carbonyl (C=O) groups is 4. The van der Waals surface area contributed by atoms with E-state index in [0.717, 1.165) is 64.7 Å². The Balaban J connectivity index is 0.884. The molecular weight excluding hydrogens is 801 g/mol. The molecule has 320 valence electrons. The van der Waals surface area contributed by atoms with Crippen LogP contribution in [0.5, 0.6) is 0 Å². The zero-order chi connectivity index (χ0) is 43.5. The quantitative estimate of drug-likeness (QED) is 0.0992. The van der Waals surface area contributed by atoms with Gasteiger partial charge in [-0.1, -0.05) is 84.9 Å². The van der Waals surface area contributed by atoms with E-state index in [0.29, 0.717) is 41.6 Å². The van der Waals surface area contributed by atoms with Crippen molar-refractivity contribution in [2.24, 2.45) is 0 Å². The number of aromatic amines is 2. The first-order chi connectivity index (χ1) is 30.8. The number of hydrogen-bond acceptors (Lipinski definition) is 9. The average Bonchev–Trinajstić information content (AvgIpc) is 4.19. The Bertz CT molecular complexity index is 2750. The largest absolute Gasteiger partial charge is 0.456 e. The van der Waals surface area contributed by atoms with E-state index in [1.807, 2.05) is 109 Å². The number of alkyl carbamates (subject to hydrolysis) is 2. The SMILES string of the molecule is COC(=O)N[C@@H](C(=O)N1CCC[C@H]1c1ncc(-c2ccc(-c3cc4cc(-c5cnc([C@@H]6CCCN6C(=O)[C@H](NC(=O)OC)c6ccccc6)[nH]5)ccc4o3)cc2)[nH]1)c1ccccc1. The highest BCUT2D eigenvalue weighted by molar-refractivity contribution is 5.89. The number of ether oxygens (including phenoxy) is 2. The molecule has 0 aliphatic carbocycles. The predicted octanol–water partition coefficient (Wildman–Crippen LogP) is 8.40. The molecule has 0 spiro atoms. The summed E-state index contributed by atoms with van der Waals surface area (Å²) in [6.45, 7) is 1.08. The van der Waals surface area contributed by atoms with Crippen molar-refractivity contribution < 1.29 is 33.1 Å². The second-order valence-electron chi connectivity index (χ2n) is 15.6. The third-order valence-electron chi connectivity index (χ3n) is 11.9. The van der Waals surface area contributed by atoms with Crippen LogP contribution in [-0.2, 0) is 19.1 Å². The molecule has 2 saturated heterocycles. The molecule has 3 aromatic heterocycles. The molecule has 0 unspecified atom stereocenters. The van der Waals surface area contributed by atoms with E-state index in [9.17, 15) is 19.2 Å². The van der Waals surface area contributed by atoms with Crippen LogP contribution in [0.3, 0.4) is 0 Å². The van der Waals surface area contributed by atoms with Gasteiger partial charge in [0, 0.05) is 29.6 Å². The molecule has 9 rings (SSSR count). The molecule has 2 aliphatic heterocycles. The number of H-pyrrole nitrogens is 2. The number of furan rings is 1. The fraction of sp³-hybridized carbons (Fsp3) is 0.250. The Morgan fingerprint density at radius 2 is 1.11 bits per heavy atom. The first-order valence-corrected chi connectivity index (χ1v) is 20.9. The van der Waals surface area contributed by atoms with E-state index >= 15 is 0 Å². The first-order valence-electron chi connectivity index (χ1n) is 20.9. The van der Waals surface area contributed by atoms with Gasteiger partial charge in [-0.05, 0) is 66.6 Å². The van der Waals surface area contributed by atoms with E-state index < -0.39 is 24.3 Å². The molecule has 15 nitrogen and oxygen atoms in total. The number of amides is 4. The van der Waals surface area contributed by atoms with Gasteiger partial charge in [0.2, 0.25) is 0 Å². The molecule has 5 heterocycles. The molecule has 0 radical (unpaired) electrons. The van der Waals surface area contributed by atoms with Crippen molar-refractivity contribution >= 4 is 35.0 Å². The summed E-state index contributed by atoms with van der Waals surface area (Å²) in [7, 11) is 2.55. The summed E-state index contributed by atoms with van der Waals surface area (Å²) in [6.07, 6.45) is 5.28. The lowest BCUT2D eigenvalue weighted by Crippen LogP contribution is -2.42. The van der Waals surface area contributed by atoms with Crippen LogP contribution in [0.4, 0.5) is 9.59 Å². The monoisotopic (exact) mass is 846 g/mol. The lowest BCUT2D eigenvalue weighted by molar-refractivity contribution is -0.135. The van der Waals surface area contributed by atoms with Crippen molar-refractivity contribution in [3.8, 4) is 33.8 Å². The summed E-state index contributed by atoms with van der Waals surface area (Å²) in [5.74, 6) is 1.62. The van der Waals surface area contributed by atoms with Gasteiger partial charge in [0.05, 0.1) is 50.1 Å². The standard InChI is InChI=1S/C48H46N8O7/c1-61-47(59)53-41(31-11-5-3-6-12-31)45(57)55-23-9-15-37(55)43-49-27-35(51-43)29-17-19-30(20-18-29)40-26-34-25-33(21-22-39(34)63-40)36-28-50-44(52-36)38-16-10-24-56(38)46(58)42(54-48(60)62-2)32-13-7-4-8-14-32/h3-8,11-14,17-22,25-28,37-38,41-42H,9-10,15-16,23-24H2,1-2H3,(H,49,51)(H,50,52)(H,53,59)(H,54,60)/t37-,38-,41+,42+/m0/s1. The molecule has 4 aromatic carbocycles. The normalized spacial score (nSPS) is 17.0. The van der Waals surface area contributed by atoms with Gasteiger partial charge in [-0.15, -0.1) is 0 Å². The van der Waals surface area contributed by atoms with Gasteiger partial charge in [0.25, 0.3) is 11.8 Å². The number of carbonyl (C=O) groups excluding carboxylic acids is 4. The van der Waals surface area contributed by atoms with Crippen molar-refractivity contribution in [3.05, 3.63) is 144 Å². The van der Waals surface area contributed by atoms with E-state index in [1.54, 1.807) is 22.2 Å². The van der Waals surface area contributed by atoms with Crippen LogP contribution in [-0.4, -0.2) is 81.0 Å². The van der Waals surface area contributed by atoms with Crippen molar-refractivity contribution in [2.45, 2.75) is 49.9 Å². The number of fused-ring (bicyclic) bond motifs is 1. The number of likely N-dealkylation sites (tertiary alicyclic amines) is 2. The third-order valence-corrected chi connectivity index (χ3v) is 11.9. The molecule has 63 heavy (non-hydrogen) atoms. The molecule has 4 atom stereocenters. The van der Waals surface area contributed by atoms with Crippen LogP contribution in [0.2, 0.25) is 0 Å². The van der Waals surface area contributed by atoms with Gasteiger partial charge < -0.3 is 44.3 Å². The zero-order valence-electron chi connectivity index (χ0n) is 34.7. The fourth-order valence-electron chi connectivity index (χ4n) is 8.65. The molecule has 4 amide bonds. The Morgan fingerprint density at radius 1 is 0.635 bits per heavy atom. The molecule has 0 saturated carbocycles. The Labute approximate surface area is 362 Å². The summed E-state index contributed by atoms with van der Waals surface area (Å²) >= 11 is 0. The number of aromatic nitrogens is 4. The lowest BCUT2D eigenvalue weighted by atomic mass is 10.0. The van der Waals surface area contributed by atoms with Gasteiger partial charge in [-0.3, -0.25) is 9.59 Å². The van der Waals surface area contributed by atoms with E-state index in [-0.39, 0.29) is 23.9 Å². The molecular formula is C48H46N8O7. The smallest absolute Gasteiger partial charge is 0.407 e. The van der Waals surface area contributed by atoms with Gasteiger partial charge in [-0.2, -0.15) is 0 Å². The van der Waals surface area contributed by atoms with Crippen LogP contribution in [0.25, 0.3) is 44.8 Å². The van der Waals surface area contributed by atoms with Crippen molar-refractivity contribution in [2.75, 3.05) is 27.3 Å². The number of hydrogen-bond donors (Lipinski definition) is 4. The molecule has 2 aliphatic rings. The van der Waals surface area contributed by atoms with Gasteiger partial charge in [0.15, 0.2) is 0 Å². The predicted molar refractivity (Wildman–Crippen MR) is 234 cm³/mol. The van der Waals surface area contributed by atoms with E-state index in [1.165, 1.54) is 14.2 Å². The first kappa shape index (κ1) is 40.7. The summed E-state index contributed by atoms with van der Waals surface area (Å²) in [5, 5.41) is 6.34. The molecule has 7 aromatic rings. The van der Waals surface area contributed by atoms with E-state index in [2.05, 4.69) is 20.6 Å². The number of nitrogens with zero attached hydrogens (tertiary/aromatic N) is 4. The van der Waals surface area contributed by atoms with Crippen LogP contribution in [0.1, 0.15) is 72.6 Å². The Hall–Kier alpha value is -7.68. The van der Waals surface area contributed by atoms with Crippen LogP contribution < -0.4 is 10.6 Å². The number of imidazole rings is 2. The zero-order valence-corrected chi connectivity index (χ0v) is 34.7. The highest BCUT2D eigenvalue weighted by Crippen LogP contribution is 2.37. The highest BCUT2D eigenvalue weighted by atomic mass is 16.5. The minimum absolute atomic E-state index is 0.224. The fourth-order valence-corrected chi connectivity index (χ4v) is 8.65. The maximum absolute atomic E-state index is 14.0. The minimum Gasteiger partial charge on any atom is -0.456 e. The molecule has 0 bridgehead atoms. The maximum atomic E-state index is 14.0. The van der Waals surface area contributed by atoms with Crippen molar-refractivity contribution in [1.82, 2.24) is 40.4 Å². The second kappa shape index (κ2) is 17.7. The summed E-state index contributed by atoms with van der Waals surface area (Å²) < 4.78 is 16.0. The van der Waals surface area contributed by atoms with Crippen LogP contribution in [0.15, 0.2) is 126 Å². The second-order valence-corrected chi connectivity index (χ2v) is 15.6.